The molecule has 1 unspecified atom stereocenters. The third-order valence-electron chi connectivity index (χ3n) is 2.12. The quantitative estimate of drug-likeness (QED) is 0.501. The van der Waals surface area contributed by atoms with E-state index in [1.807, 2.05) is 0 Å². The molecule has 0 aliphatic carbocycles. The lowest BCUT2D eigenvalue weighted by Gasteiger charge is -2.10. The first-order chi connectivity index (χ1) is 8.27. The maximum Gasteiger partial charge on any atom is 0.304 e. The van der Waals surface area contributed by atoms with Gasteiger partial charge in [0.1, 0.15) is 0 Å². The van der Waals surface area contributed by atoms with Gasteiger partial charge in [0.05, 0.1) is 9.82 Å². The number of benzene rings is 1. The number of sulfonamides is 1. The van der Waals surface area contributed by atoms with Crippen molar-refractivity contribution in [1.29, 1.82) is 0 Å². The van der Waals surface area contributed by atoms with Crippen molar-refractivity contribution >= 4 is 15.7 Å². The van der Waals surface area contributed by atoms with E-state index in [0.717, 1.165) is 12.1 Å². The standard InChI is InChI=1S/C10H11FN2O4S/c1-3-7(2)12-18(16,17)8-4-5-10(13(14)15)9(11)6-8/h3-7,12H,1H2,2H3. The molecule has 98 valence electrons. The minimum Gasteiger partial charge on any atom is -0.258 e. The lowest BCUT2D eigenvalue weighted by molar-refractivity contribution is -0.387. The maximum absolute atomic E-state index is 13.3. The van der Waals surface area contributed by atoms with E-state index in [9.17, 15) is 22.9 Å². The normalized spacial score (nSPS) is 13.0. The Morgan fingerprint density at radius 2 is 2.17 bits per heavy atom. The Morgan fingerprint density at radius 3 is 2.61 bits per heavy atom. The number of hydrogen-bond acceptors (Lipinski definition) is 4. The van der Waals surface area contributed by atoms with Gasteiger partial charge < -0.3 is 0 Å². The molecule has 1 aromatic rings. The molecule has 0 saturated heterocycles. The van der Waals surface area contributed by atoms with E-state index < -0.39 is 32.5 Å². The van der Waals surface area contributed by atoms with E-state index in [2.05, 4.69) is 11.3 Å². The van der Waals surface area contributed by atoms with Crippen LogP contribution < -0.4 is 4.72 Å². The molecule has 8 heteroatoms. The first kappa shape index (κ1) is 14.3. The summed E-state index contributed by atoms with van der Waals surface area (Å²) in [6, 6.07) is 1.85. The summed E-state index contributed by atoms with van der Waals surface area (Å²) in [6.45, 7) is 4.95. The number of halogens is 1. The van der Waals surface area contributed by atoms with Gasteiger partial charge in [0.15, 0.2) is 0 Å². The van der Waals surface area contributed by atoms with Crippen LogP contribution in [0.1, 0.15) is 6.92 Å². The highest BCUT2D eigenvalue weighted by atomic mass is 32.2. The molecular formula is C10H11FN2O4S. The lowest BCUT2D eigenvalue weighted by atomic mass is 10.3. The number of hydrogen-bond donors (Lipinski definition) is 1. The summed E-state index contributed by atoms with van der Waals surface area (Å²) in [5.74, 6) is -1.20. The van der Waals surface area contributed by atoms with Crippen molar-refractivity contribution in [2.45, 2.75) is 17.9 Å². The van der Waals surface area contributed by atoms with Crippen LogP contribution in [-0.4, -0.2) is 19.4 Å². The molecule has 1 aromatic carbocycles. The highest BCUT2D eigenvalue weighted by molar-refractivity contribution is 7.89. The summed E-state index contributed by atoms with van der Waals surface area (Å²) in [5.41, 5.74) is -0.772. The van der Waals surface area contributed by atoms with E-state index in [1.54, 1.807) is 6.92 Å². The maximum atomic E-state index is 13.3. The summed E-state index contributed by atoms with van der Waals surface area (Å²) < 4.78 is 39.0. The Morgan fingerprint density at radius 1 is 1.56 bits per heavy atom. The monoisotopic (exact) mass is 274 g/mol. The topological polar surface area (TPSA) is 89.3 Å². The van der Waals surface area contributed by atoms with Crippen molar-refractivity contribution in [2.24, 2.45) is 0 Å². The fourth-order valence-corrected chi connectivity index (χ4v) is 2.39. The average Bonchev–Trinajstić information content (AvgIpc) is 2.27. The van der Waals surface area contributed by atoms with Crippen LogP contribution in [0.2, 0.25) is 0 Å². The zero-order valence-electron chi connectivity index (χ0n) is 9.46. The molecule has 0 aliphatic heterocycles. The molecule has 18 heavy (non-hydrogen) atoms. The number of nitrogens with one attached hydrogen (secondary N) is 1. The Hall–Kier alpha value is -1.80. The van der Waals surface area contributed by atoms with E-state index in [-0.39, 0.29) is 4.90 Å². The summed E-state index contributed by atoms with van der Waals surface area (Å²) in [5, 5.41) is 10.4. The Kier molecular flexibility index (Phi) is 4.15. The molecule has 0 bridgehead atoms. The predicted octanol–water partition coefficient (Wildman–Crippen LogP) is 1.59. The second-order valence-corrected chi connectivity index (χ2v) is 5.23. The van der Waals surface area contributed by atoms with Crippen LogP contribution in [0.15, 0.2) is 35.7 Å². The molecule has 0 saturated carbocycles. The van der Waals surface area contributed by atoms with Gasteiger partial charge in [-0.3, -0.25) is 10.1 Å². The van der Waals surface area contributed by atoms with Gasteiger partial charge in [-0.1, -0.05) is 6.08 Å². The average molecular weight is 274 g/mol. The van der Waals surface area contributed by atoms with E-state index in [1.165, 1.54) is 6.08 Å². The van der Waals surface area contributed by atoms with Crippen LogP contribution in [0.4, 0.5) is 10.1 Å². The molecule has 0 aliphatic rings. The van der Waals surface area contributed by atoms with Crippen LogP contribution in [0.5, 0.6) is 0 Å². The molecule has 1 rings (SSSR count). The lowest BCUT2D eigenvalue weighted by Crippen LogP contribution is -2.31. The molecular weight excluding hydrogens is 263 g/mol. The van der Waals surface area contributed by atoms with Crippen molar-refractivity contribution in [3.05, 3.63) is 46.8 Å². The SMILES string of the molecule is C=CC(C)NS(=O)(=O)c1ccc([N+](=O)[O-])c(F)c1. The number of nitro groups is 1. The van der Waals surface area contributed by atoms with Crippen LogP contribution in [-0.2, 0) is 10.0 Å². The summed E-state index contributed by atoms with van der Waals surface area (Å²) in [7, 11) is -3.92. The molecule has 0 fully saturated rings. The van der Waals surface area contributed by atoms with Crippen LogP contribution in [0.25, 0.3) is 0 Å². The number of rotatable bonds is 5. The smallest absolute Gasteiger partial charge is 0.258 e. The molecule has 0 radical (unpaired) electrons. The van der Waals surface area contributed by atoms with Crippen molar-refractivity contribution < 1.29 is 17.7 Å². The van der Waals surface area contributed by atoms with Gasteiger partial charge in [-0.15, -0.1) is 6.58 Å². The van der Waals surface area contributed by atoms with Crippen molar-refractivity contribution in [3.8, 4) is 0 Å². The molecule has 6 nitrogen and oxygen atoms in total. The minimum atomic E-state index is -3.92. The highest BCUT2D eigenvalue weighted by Crippen LogP contribution is 2.20. The van der Waals surface area contributed by atoms with Gasteiger partial charge in [-0.25, -0.2) is 13.1 Å². The van der Waals surface area contributed by atoms with Gasteiger partial charge >= 0.3 is 5.69 Å². The fourth-order valence-electron chi connectivity index (χ4n) is 1.16. The van der Waals surface area contributed by atoms with Crippen LogP contribution >= 0.6 is 0 Å². The first-order valence-electron chi connectivity index (χ1n) is 4.86. The summed E-state index contributed by atoms with van der Waals surface area (Å²) in [6.07, 6.45) is 1.36. The Labute approximate surface area is 103 Å². The third kappa shape index (κ3) is 3.11. The van der Waals surface area contributed by atoms with E-state index >= 15 is 0 Å². The van der Waals surface area contributed by atoms with Gasteiger partial charge in [-0.2, -0.15) is 4.39 Å². The van der Waals surface area contributed by atoms with Crippen LogP contribution in [0, 0.1) is 15.9 Å². The second kappa shape index (κ2) is 5.23. The summed E-state index contributed by atoms with van der Waals surface area (Å²) >= 11 is 0. The highest BCUT2D eigenvalue weighted by Gasteiger charge is 2.21. The largest absolute Gasteiger partial charge is 0.304 e. The Bertz CT molecular complexity index is 586. The molecule has 0 heterocycles. The van der Waals surface area contributed by atoms with Gasteiger partial charge in [-0.05, 0) is 13.0 Å². The molecule has 1 N–H and O–H groups in total. The zero-order chi connectivity index (χ0) is 13.9. The van der Waals surface area contributed by atoms with E-state index in [4.69, 9.17) is 0 Å². The zero-order valence-corrected chi connectivity index (χ0v) is 10.3. The fraction of sp³-hybridized carbons (Fsp3) is 0.200. The molecule has 0 aromatic heterocycles. The number of nitrogens with zero attached hydrogens (tertiary/aromatic N) is 1. The number of nitro benzene ring substituents is 1. The molecule has 0 spiro atoms. The van der Waals surface area contributed by atoms with Crippen LogP contribution in [0.3, 0.4) is 0 Å². The Balaban J connectivity index is 3.15. The second-order valence-electron chi connectivity index (χ2n) is 3.52. The van der Waals surface area contributed by atoms with Gasteiger partial charge in [0.25, 0.3) is 0 Å². The minimum absolute atomic E-state index is 0.376. The van der Waals surface area contributed by atoms with E-state index in [0.29, 0.717) is 6.07 Å². The van der Waals surface area contributed by atoms with Gasteiger partial charge in [0, 0.05) is 18.2 Å². The first-order valence-corrected chi connectivity index (χ1v) is 6.35. The van der Waals surface area contributed by atoms with Crippen molar-refractivity contribution in [3.63, 3.8) is 0 Å². The summed E-state index contributed by atoms with van der Waals surface area (Å²) in [4.78, 5) is 9.09. The third-order valence-corrected chi connectivity index (χ3v) is 3.68. The molecule has 0 amide bonds. The molecule has 1 atom stereocenters. The van der Waals surface area contributed by atoms with Gasteiger partial charge in [0.2, 0.25) is 15.8 Å². The van der Waals surface area contributed by atoms with Crippen molar-refractivity contribution in [2.75, 3.05) is 0 Å². The van der Waals surface area contributed by atoms with Crippen molar-refractivity contribution in [1.82, 2.24) is 4.72 Å². The predicted molar refractivity (Wildman–Crippen MR) is 63.0 cm³/mol.